The average molecular weight is 224 g/mol. The van der Waals surface area contributed by atoms with Crippen LogP contribution in [-0.2, 0) is 0 Å². The molecule has 0 aromatic carbocycles. The van der Waals surface area contributed by atoms with Crippen molar-refractivity contribution in [1.29, 1.82) is 0 Å². The van der Waals surface area contributed by atoms with Crippen molar-refractivity contribution in [2.45, 2.75) is 6.42 Å². The molecule has 0 aliphatic carbocycles. The van der Waals surface area contributed by atoms with E-state index in [-0.39, 0.29) is 0 Å². The third-order valence-electron chi connectivity index (χ3n) is 2.49. The summed E-state index contributed by atoms with van der Waals surface area (Å²) in [4.78, 5) is 6.58. The number of nitrogens with zero attached hydrogens (tertiary/aromatic N) is 2. The molecule has 1 saturated heterocycles. The minimum Gasteiger partial charge on any atom is -0.396 e. The summed E-state index contributed by atoms with van der Waals surface area (Å²) in [5.41, 5.74) is 11.9. The molecule has 0 radical (unpaired) electrons. The topological polar surface area (TPSA) is 68.2 Å². The van der Waals surface area contributed by atoms with E-state index in [1.807, 2.05) is 23.9 Å². The van der Waals surface area contributed by atoms with Crippen LogP contribution in [0, 0.1) is 0 Å². The number of hydrogen-bond acceptors (Lipinski definition) is 5. The summed E-state index contributed by atoms with van der Waals surface area (Å²) in [6.45, 7) is 2.10. The van der Waals surface area contributed by atoms with Gasteiger partial charge in [0.1, 0.15) is 11.6 Å². The lowest BCUT2D eigenvalue weighted by Gasteiger charge is -2.21. The predicted molar refractivity (Wildman–Crippen MR) is 67.2 cm³/mol. The van der Waals surface area contributed by atoms with Gasteiger partial charge in [-0.1, -0.05) is 0 Å². The van der Waals surface area contributed by atoms with Crippen molar-refractivity contribution in [2.75, 3.05) is 41.0 Å². The average Bonchev–Trinajstić information content (AvgIpc) is 2.50. The van der Waals surface area contributed by atoms with Gasteiger partial charge in [0.2, 0.25) is 0 Å². The fourth-order valence-electron chi connectivity index (χ4n) is 1.63. The maximum absolute atomic E-state index is 5.70. The second-order valence-corrected chi connectivity index (χ2v) is 4.82. The Hall–Kier alpha value is -1.10. The molecule has 82 valence electrons. The standard InChI is InChI=1S/C10H16N4S/c11-8-2-3-9(13-10(8)12)14-4-1-6-15-7-5-14/h2-3H,1,4-7,11H2,(H2,12,13). The highest BCUT2D eigenvalue weighted by molar-refractivity contribution is 7.99. The van der Waals surface area contributed by atoms with Gasteiger partial charge >= 0.3 is 0 Å². The highest BCUT2D eigenvalue weighted by Crippen LogP contribution is 2.20. The van der Waals surface area contributed by atoms with Crippen LogP contribution in [0.25, 0.3) is 0 Å². The molecule has 1 aliphatic rings. The summed E-state index contributed by atoms with van der Waals surface area (Å²) in [6.07, 6.45) is 1.20. The van der Waals surface area contributed by atoms with Crippen molar-refractivity contribution in [3.8, 4) is 0 Å². The summed E-state index contributed by atoms with van der Waals surface area (Å²) in [5, 5.41) is 0. The Kier molecular flexibility index (Phi) is 3.20. The van der Waals surface area contributed by atoms with Crippen molar-refractivity contribution < 1.29 is 0 Å². The molecule has 5 heteroatoms. The van der Waals surface area contributed by atoms with Crippen LogP contribution in [-0.4, -0.2) is 29.6 Å². The van der Waals surface area contributed by atoms with Gasteiger partial charge in [-0.05, 0) is 24.3 Å². The number of pyridine rings is 1. The van der Waals surface area contributed by atoms with E-state index in [0.29, 0.717) is 11.5 Å². The van der Waals surface area contributed by atoms with Crippen molar-refractivity contribution >= 4 is 29.1 Å². The molecular formula is C10H16N4S. The molecule has 1 aromatic heterocycles. The van der Waals surface area contributed by atoms with Crippen LogP contribution in [0.4, 0.5) is 17.3 Å². The van der Waals surface area contributed by atoms with E-state index in [9.17, 15) is 0 Å². The first-order chi connectivity index (χ1) is 7.27. The van der Waals surface area contributed by atoms with E-state index >= 15 is 0 Å². The van der Waals surface area contributed by atoms with E-state index in [0.717, 1.165) is 24.7 Å². The van der Waals surface area contributed by atoms with Gasteiger partial charge in [0, 0.05) is 18.8 Å². The quantitative estimate of drug-likeness (QED) is 0.750. The first kappa shape index (κ1) is 10.4. The second-order valence-electron chi connectivity index (χ2n) is 3.60. The molecule has 2 rings (SSSR count). The smallest absolute Gasteiger partial charge is 0.149 e. The molecule has 0 spiro atoms. The van der Waals surface area contributed by atoms with E-state index in [1.54, 1.807) is 0 Å². The molecule has 0 amide bonds. The fraction of sp³-hybridized carbons (Fsp3) is 0.500. The zero-order valence-corrected chi connectivity index (χ0v) is 9.46. The molecule has 0 unspecified atom stereocenters. The van der Waals surface area contributed by atoms with E-state index < -0.39 is 0 Å². The van der Waals surface area contributed by atoms with Gasteiger partial charge in [-0.15, -0.1) is 0 Å². The molecule has 0 atom stereocenters. The third-order valence-corrected chi connectivity index (χ3v) is 3.54. The number of anilines is 3. The largest absolute Gasteiger partial charge is 0.396 e. The Morgan fingerprint density at radius 2 is 2.07 bits per heavy atom. The summed E-state index contributed by atoms with van der Waals surface area (Å²) < 4.78 is 0. The van der Waals surface area contributed by atoms with Crippen molar-refractivity contribution in [2.24, 2.45) is 0 Å². The fourth-order valence-corrected chi connectivity index (χ4v) is 2.51. The van der Waals surface area contributed by atoms with E-state index in [2.05, 4.69) is 9.88 Å². The van der Waals surface area contributed by atoms with Gasteiger partial charge in [-0.3, -0.25) is 0 Å². The molecule has 4 N–H and O–H groups in total. The Morgan fingerprint density at radius 3 is 2.87 bits per heavy atom. The number of hydrogen-bond donors (Lipinski definition) is 2. The summed E-state index contributed by atoms with van der Waals surface area (Å²) in [7, 11) is 0. The molecule has 4 nitrogen and oxygen atoms in total. The van der Waals surface area contributed by atoms with Gasteiger partial charge in [-0.2, -0.15) is 11.8 Å². The second kappa shape index (κ2) is 4.61. The Balaban J connectivity index is 2.16. The first-order valence-electron chi connectivity index (χ1n) is 5.12. The minimum absolute atomic E-state index is 0.435. The zero-order chi connectivity index (χ0) is 10.7. The van der Waals surface area contributed by atoms with Gasteiger partial charge in [-0.25, -0.2) is 4.98 Å². The normalized spacial score (nSPS) is 17.5. The lowest BCUT2D eigenvalue weighted by molar-refractivity contribution is 0.802. The molecule has 2 heterocycles. The maximum atomic E-state index is 5.70. The van der Waals surface area contributed by atoms with Crippen LogP contribution in [0.5, 0.6) is 0 Å². The van der Waals surface area contributed by atoms with Crippen molar-refractivity contribution in [3.63, 3.8) is 0 Å². The highest BCUT2D eigenvalue weighted by atomic mass is 32.2. The molecule has 1 aromatic rings. The third kappa shape index (κ3) is 2.47. The molecule has 0 bridgehead atoms. The van der Waals surface area contributed by atoms with Crippen LogP contribution in [0.1, 0.15) is 6.42 Å². The van der Waals surface area contributed by atoms with Crippen molar-refractivity contribution in [3.05, 3.63) is 12.1 Å². The molecule has 1 aliphatic heterocycles. The first-order valence-corrected chi connectivity index (χ1v) is 6.27. The van der Waals surface area contributed by atoms with Crippen LogP contribution in [0.2, 0.25) is 0 Å². The van der Waals surface area contributed by atoms with Gasteiger partial charge in [0.05, 0.1) is 5.69 Å². The molecule has 1 fully saturated rings. The SMILES string of the molecule is Nc1ccc(N2CCCSCC2)nc1N. The zero-order valence-electron chi connectivity index (χ0n) is 8.65. The molecular weight excluding hydrogens is 208 g/mol. The lowest BCUT2D eigenvalue weighted by atomic mass is 10.3. The summed E-state index contributed by atoms with van der Waals surface area (Å²) >= 11 is 2.00. The van der Waals surface area contributed by atoms with E-state index in [4.69, 9.17) is 11.5 Å². The van der Waals surface area contributed by atoms with Gasteiger partial charge < -0.3 is 16.4 Å². The van der Waals surface area contributed by atoms with Gasteiger partial charge in [0.15, 0.2) is 0 Å². The van der Waals surface area contributed by atoms with Crippen molar-refractivity contribution in [1.82, 2.24) is 4.98 Å². The summed E-state index contributed by atoms with van der Waals surface area (Å²) in [5.74, 6) is 3.78. The number of thioether (sulfide) groups is 1. The van der Waals surface area contributed by atoms with Crippen LogP contribution < -0.4 is 16.4 Å². The van der Waals surface area contributed by atoms with Crippen LogP contribution in [0.15, 0.2) is 12.1 Å². The Morgan fingerprint density at radius 1 is 1.20 bits per heavy atom. The Labute approximate surface area is 94.0 Å². The minimum atomic E-state index is 0.435. The summed E-state index contributed by atoms with van der Waals surface area (Å²) in [6, 6.07) is 3.78. The molecule has 15 heavy (non-hydrogen) atoms. The van der Waals surface area contributed by atoms with Crippen LogP contribution in [0.3, 0.4) is 0 Å². The monoisotopic (exact) mass is 224 g/mol. The Bertz CT molecular complexity index is 334. The van der Waals surface area contributed by atoms with E-state index in [1.165, 1.54) is 12.2 Å². The number of rotatable bonds is 1. The predicted octanol–water partition coefficient (Wildman–Crippen LogP) is 1.19. The maximum Gasteiger partial charge on any atom is 0.149 e. The highest BCUT2D eigenvalue weighted by Gasteiger charge is 2.11. The number of nitrogens with two attached hydrogens (primary N) is 2. The van der Waals surface area contributed by atoms with Gasteiger partial charge in [0.25, 0.3) is 0 Å². The van der Waals surface area contributed by atoms with Crippen LogP contribution >= 0.6 is 11.8 Å². The lowest BCUT2D eigenvalue weighted by Crippen LogP contribution is -2.26. The number of aromatic nitrogens is 1. The number of nitrogen functional groups attached to an aromatic ring is 2. The molecule has 0 saturated carbocycles.